The van der Waals surface area contributed by atoms with E-state index in [-0.39, 0.29) is 31.7 Å². The van der Waals surface area contributed by atoms with Gasteiger partial charge in [0.25, 0.3) is 0 Å². The molecule has 2 aliphatic rings. The predicted molar refractivity (Wildman–Crippen MR) is 196 cm³/mol. The monoisotopic (exact) mass is 812 g/mol. The van der Waals surface area contributed by atoms with Crippen molar-refractivity contribution in [2.45, 2.75) is 64.3 Å². The maximum absolute atomic E-state index is 14.9. The Kier molecular flexibility index (Phi) is 17.0. The van der Waals surface area contributed by atoms with Gasteiger partial charge in [0.05, 0.1) is 34.9 Å². The van der Waals surface area contributed by atoms with Crippen LogP contribution >= 0.6 is 0 Å². The van der Waals surface area contributed by atoms with Crippen LogP contribution in [0.15, 0.2) is 103 Å². The van der Waals surface area contributed by atoms with Crippen LogP contribution in [-0.4, -0.2) is 45.7 Å². The van der Waals surface area contributed by atoms with Gasteiger partial charge >= 0.3 is 19.5 Å². The van der Waals surface area contributed by atoms with E-state index in [1.54, 1.807) is 24.8 Å². The molecule has 1 aromatic carbocycles. The molecule has 5 aromatic rings. The van der Waals surface area contributed by atoms with E-state index in [4.69, 9.17) is 4.74 Å². The molecular formula is C41H42F4N6ORu. The number of rotatable bonds is 10. The van der Waals surface area contributed by atoms with Crippen molar-refractivity contribution in [1.29, 1.82) is 0 Å². The van der Waals surface area contributed by atoms with E-state index in [1.807, 2.05) is 79.7 Å². The second kappa shape index (κ2) is 21.9. The van der Waals surface area contributed by atoms with Crippen molar-refractivity contribution in [2.75, 3.05) is 19.7 Å². The predicted octanol–water partition coefficient (Wildman–Crippen LogP) is 10.9. The molecule has 1 atom stereocenters. The molecule has 7 rings (SSSR count). The first-order valence-corrected chi connectivity index (χ1v) is 17.7. The van der Waals surface area contributed by atoms with Gasteiger partial charge in [-0.2, -0.15) is 14.5 Å². The van der Waals surface area contributed by atoms with Gasteiger partial charge in [-0.15, -0.1) is 19.1 Å². The summed E-state index contributed by atoms with van der Waals surface area (Å²) in [5.41, 5.74) is 3.68. The zero-order valence-electron chi connectivity index (χ0n) is 29.6. The standard InChI is InChI=1S/C21H26F4N2O.2C10H8N2.Ru/c1-2-3-4-5-12-28-21-19(24)17(22)16(18(23)20(21)25)15(13-8-6-10-26-13)14-9-7-11-27-14;2*1-3-7-11-9(5-1)10-6-2-4-8-12-10;/h13H,2-12H2,1H3;2*1-8H;/q-2;;;+2/b15-14+;;;. The average molecular weight is 812 g/mol. The Hall–Kier alpha value is -4.54. The van der Waals surface area contributed by atoms with Crippen LogP contribution < -0.4 is 4.74 Å². The second-order valence-corrected chi connectivity index (χ2v) is 12.1. The summed E-state index contributed by atoms with van der Waals surface area (Å²) in [7, 11) is 0. The zero-order valence-corrected chi connectivity index (χ0v) is 31.3. The maximum Gasteiger partial charge on any atom is 2.00 e. The summed E-state index contributed by atoms with van der Waals surface area (Å²) in [5, 5.41) is 8.68. The molecule has 1 unspecified atom stereocenters. The minimum Gasteiger partial charge on any atom is -0.688 e. The number of unbranched alkanes of at least 4 members (excludes halogenated alkanes) is 3. The molecule has 0 radical (unpaired) electrons. The number of aromatic nitrogens is 4. The Morgan fingerprint density at radius 1 is 0.660 bits per heavy atom. The van der Waals surface area contributed by atoms with Crippen LogP contribution in [0.5, 0.6) is 5.75 Å². The van der Waals surface area contributed by atoms with Gasteiger partial charge in [-0.3, -0.25) is 19.9 Å². The Morgan fingerprint density at radius 3 is 1.55 bits per heavy atom. The molecule has 2 saturated heterocycles. The molecule has 6 heterocycles. The fourth-order valence-corrected chi connectivity index (χ4v) is 5.86. The number of hydrogen-bond donors (Lipinski definition) is 0. The van der Waals surface area contributed by atoms with Crippen LogP contribution in [-0.2, 0) is 19.5 Å². The van der Waals surface area contributed by atoms with E-state index < -0.39 is 40.6 Å². The van der Waals surface area contributed by atoms with E-state index >= 15 is 0 Å². The minimum atomic E-state index is -1.49. The van der Waals surface area contributed by atoms with E-state index in [0.717, 1.165) is 54.9 Å². The molecule has 2 fully saturated rings. The first-order valence-electron chi connectivity index (χ1n) is 17.7. The minimum absolute atomic E-state index is 0. The molecule has 2 aliphatic heterocycles. The van der Waals surface area contributed by atoms with E-state index in [1.165, 1.54) is 0 Å². The summed E-state index contributed by atoms with van der Waals surface area (Å²) in [4.78, 5) is 16.7. The van der Waals surface area contributed by atoms with Crippen LogP contribution in [0, 0.1) is 23.3 Å². The zero-order chi connectivity index (χ0) is 36.5. The summed E-state index contributed by atoms with van der Waals surface area (Å²) in [6.07, 6.45) is 13.0. The third kappa shape index (κ3) is 11.5. The SMILES string of the molecule is CCCCCCOc1c(F)c(F)c(/C(=C2\CCC[N-]2)C2CCC[N-]2)c(F)c1F.[Ru+2].c1ccc(-c2ccccn2)nc1.c1ccc(-c2ccccn2)nc1. The van der Waals surface area contributed by atoms with Crippen molar-refractivity contribution >= 4 is 5.57 Å². The number of nitrogens with zero attached hydrogens (tertiary/aromatic N) is 6. The van der Waals surface area contributed by atoms with Gasteiger partial charge in [0.1, 0.15) is 0 Å². The summed E-state index contributed by atoms with van der Waals surface area (Å²) < 4.78 is 64.1. The van der Waals surface area contributed by atoms with Crippen molar-refractivity contribution in [3.63, 3.8) is 0 Å². The number of benzene rings is 1. The van der Waals surface area contributed by atoms with Crippen molar-refractivity contribution in [1.82, 2.24) is 19.9 Å². The molecule has 53 heavy (non-hydrogen) atoms. The Labute approximate surface area is 321 Å². The van der Waals surface area contributed by atoms with Gasteiger partial charge in [-0.05, 0) is 55.0 Å². The van der Waals surface area contributed by atoms with Crippen LogP contribution in [0.2, 0.25) is 0 Å². The normalized spacial score (nSPS) is 15.5. The van der Waals surface area contributed by atoms with Gasteiger partial charge in [0, 0.05) is 24.8 Å². The first-order chi connectivity index (χ1) is 25.5. The molecule has 0 bridgehead atoms. The maximum atomic E-state index is 14.9. The second-order valence-electron chi connectivity index (χ2n) is 12.1. The number of hydrogen-bond acceptors (Lipinski definition) is 5. The van der Waals surface area contributed by atoms with Crippen LogP contribution in [0.1, 0.15) is 63.9 Å². The van der Waals surface area contributed by atoms with E-state index in [9.17, 15) is 17.6 Å². The largest absolute Gasteiger partial charge is 2.00 e. The fraction of sp³-hybridized carbons (Fsp3) is 0.317. The fourth-order valence-electron chi connectivity index (χ4n) is 5.86. The van der Waals surface area contributed by atoms with Gasteiger partial charge in [0.2, 0.25) is 11.6 Å². The summed E-state index contributed by atoms with van der Waals surface area (Å²) >= 11 is 0. The topological polar surface area (TPSA) is 89.0 Å². The average Bonchev–Trinajstić information content (AvgIpc) is 3.95. The Balaban J connectivity index is 0.000000205. The van der Waals surface area contributed by atoms with E-state index in [2.05, 4.69) is 30.6 Å². The number of ether oxygens (including phenoxy) is 1. The third-order valence-electron chi connectivity index (χ3n) is 8.42. The Bertz CT molecular complexity index is 1660. The van der Waals surface area contributed by atoms with Crippen LogP contribution in [0.4, 0.5) is 17.6 Å². The van der Waals surface area contributed by atoms with Crippen molar-refractivity contribution in [3.8, 4) is 28.5 Å². The summed E-state index contributed by atoms with van der Waals surface area (Å²) in [6, 6.07) is 22.7. The number of halogens is 4. The Morgan fingerprint density at radius 2 is 1.17 bits per heavy atom. The van der Waals surface area contributed by atoms with Crippen molar-refractivity contribution in [3.05, 3.63) is 143 Å². The molecule has 278 valence electrons. The molecule has 12 heteroatoms. The van der Waals surface area contributed by atoms with Gasteiger partial charge in [0.15, 0.2) is 17.4 Å². The number of pyridine rings is 4. The van der Waals surface area contributed by atoms with Crippen LogP contribution in [0.25, 0.3) is 39.0 Å². The molecule has 0 N–H and O–H groups in total. The van der Waals surface area contributed by atoms with Crippen molar-refractivity contribution in [2.24, 2.45) is 0 Å². The van der Waals surface area contributed by atoms with Gasteiger partial charge < -0.3 is 15.4 Å². The van der Waals surface area contributed by atoms with Gasteiger partial charge in [-0.25, -0.2) is 8.78 Å². The molecular weight excluding hydrogens is 770 g/mol. The smallest absolute Gasteiger partial charge is 0.688 e. The quantitative estimate of drug-likeness (QED) is 0.0606. The van der Waals surface area contributed by atoms with Crippen molar-refractivity contribution < 1.29 is 41.8 Å². The van der Waals surface area contributed by atoms with Gasteiger partial charge in [-0.1, -0.05) is 81.7 Å². The third-order valence-corrected chi connectivity index (χ3v) is 8.42. The molecule has 0 aliphatic carbocycles. The van der Waals surface area contributed by atoms with Crippen LogP contribution in [0.3, 0.4) is 0 Å². The molecule has 7 nitrogen and oxygen atoms in total. The molecule has 0 amide bonds. The number of allylic oxidation sites excluding steroid dienone is 1. The van der Waals surface area contributed by atoms with E-state index in [0.29, 0.717) is 38.0 Å². The first kappa shape index (κ1) is 41.2. The summed E-state index contributed by atoms with van der Waals surface area (Å²) in [6.45, 7) is 3.14. The summed E-state index contributed by atoms with van der Waals surface area (Å²) in [5.74, 6) is -6.80. The molecule has 0 saturated carbocycles. The molecule has 0 spiro atoms. The molecule has 4 aromatic heterocycles.